The van der Waals surface area contributed by atoms with Crippen LogP contribution in [0.25, 0.3) is 0 Å². The predicted molar refractivity (Wildman–Crippen MR) is 80.6 cm³/mol. The van der Waals surface area contributed by atoms with Crippen LogP contribution in [0.1, 0.15) is 24.8 Å². The molecule has 0 radical (unpaired) electrons. The molecule has 1 saturated heterocycles. The summed E-state index contributed by atoms with van der Waals surface area (Å²) in [5, 5.41) is 1.25. The van der Waals surface area contributed by atoms with E-state index in [1.165, 1.54) is 0 Å². The van der Waals surface area contributed by atoms with Crippen LogP contribution < -0.4 is 0 Å². The molecule has 21 heavy (non-hydrogen) atoms. The predicted octanol–water partition coefficient (Wildman–Crippen LogP) is 3.62. The molecule has 0 amide bonds. The van der Waals surface area contributed by atoms with Crippen molar-refractivity contribution in [2.75, 3.05) is 13.9 Å². The summed E-state index contributed by atoms with van der Waals surface area (Å²) in [5.74, 6) is -0.227. The molecule has 1 aromatic carbocycles. The summed E-state index contributed by atoms with van der Waals surface area (Å²) < 4.78 is 15.7. The van der Waals surface area contributed by atoms with Crippen molar-refractivity contribution in [3.8, 4) is 0 Å². The van der Waals surface area contributed by atoms with Gasteiger partial charge in [-0.2, -0.15) is 0 Å². The Morgan fingerprint density at radius 2 is 2.19 bits per heavy atom. The van der Waals surface area contributed by atoms with Crippen LogP contribution in [0.3, 0.4) is 0 Å². The molecule has 0 spiro atoms. The maximum atomic E-state index is 11.6. The fraction of sp³-hybridized carbons (Fsp3) is 0.533. The standard InChI is InChI=1S/C15H18Cl2O4/c1-19-9-20-13-7-12(21-15(18)8-13)5-3-10-2-4-11(16)6-14(10)17/h2,4,6,12-13H,3,5,7-9H2,1H3/t12-,13-/m1/s1. The number of carbonyl (C=O) groups excluding carboxylic acids is 1. The van der Waals surface area contributed by atoms with Crippen molar-refractivity contribution in [2.45, 2.75) is 37.9 Å². The Hall–Kier alpha value is -0.810. The van der Waals surface area contributed by atoms with E-state index in [9.17, 15) is 4.79 Å². The lowest BCUT2D eigenvalue weighted by atomic mass is 9.99. The molecule has 1 fully saturated rings. The van der Waals surface area contributed by atoms with Crippen LogP contribution in [0.15, 0.2) is 18.2 Å². The topological polar surface area (TPSA) is 44.8 Å². The third-order valence-electron chi connectivity index (χ3n) is 3.39. The first kappa shape index (κ1) is 16.6. The van der Waals surface area contributed by atoms with Gasteiger partial charge in [0.25, 0.3) is 0 Å². The van der Waals surface area contributed by atoms with Crippen molar-refractivity contribution >= 4 is 29.2 Å². The number of cyclic esters (lactones) is 1. The number of esters is 1. The monoisotopic (exact) mass is 332 g/mol. The first-order valence-corrected chi connectivity index (χ1v) is 7.58. The average Bonchev–Trinajstić information content (AvgIpc) is 2.43. The quantitative estimate of drug-likeness (QED) is 0.589. The normalized spacial score (nSPS) is 22.1. The first-order valence-electron chi connectivity index (χ1n) is 6.82. The number of hydrogen-bond acceptors (Lipinski definition) is 4. The van der Waals surface area contributed by atoms with Crippen LogP contribution in [0.4, 0.5) is 0 Å². The van der Waals surface area contributed by atoms with Gasteiger partial charge in [0, 0.05) is 23.6 Å². The molecule has 6 heteroatoms. The lowest BCUT2D eigenvalue weighted by Crippen LogP contribution is -2.34. The van der Waals surface area contributed by atoms with E-state index >= 15 is 0 Å². The maximum absolute atomic E-state index is 11.6. The van der Waals surface area contributed by atoms with Crippen molar-refractivity contribution < 1.29 is 19.0 Å². The summed E-state index contributed by atoms with van der Waals surface area (Å²) in [6.45, 7) is 0.188. The number of ether oxygens (including phenoxy) is 3. The third kappa shape index (κ3) is 5.15. The van der Waals surface area contributed by atoms with Gasteiger partial charge >= 0.3 is 5.97 Å². The Morgan fingerprint density at radius 3 is 2.90 bits per heavy atom. The molecule has 0 aliphatic carbocycles. The van der Waals surface area contributed by atoms with E-state index in [4.69, 9.17) is 37.4 Å². The van der Waals surface area contributed by atoms with Gasteiger partial charge in [0.1, 0.15) is 12.9 Å². The molecule has 116 valence electrons. The minimum atomic E-state index is -0.227. The molecule has 0 bridgehead atoms. The Kier molecular flexibility index (Phi) is 6.30. The highest BCUT2D eigenvalue weighted by atomic mass is 35.5. The largest absolute Gasteiger partial charge is 0.462 e. The van der Waals surface area contributed by atoms with Crippen LogP contribution in [0, 0.1) is 0 Å². The third-order valence-corrected chi connectivity index (χ3v) is 3.98. The number of hydrogen-bond donors (Lipinski definition) is 0. The van der Waals surface area contributed by atoms with Gasteiger partial charge in [0.05, 0.1) is 12.5 Å². The number of rotatable bonds is 6. The zero-order valence-electron chi connectivity index (χ0n) is 11.8. The molecule has 1 aliphatic rings. The number of halogens is 2. The van der Waals surface area contributed by atoms with Gasteiger partial charge in [-0.3, -0.25) is 4.79 Å². The van der Waals surface area contributed by atoms with Crippen molar-refractivity contribution in [2.24, 2.45) is 0 Å². The summed E-state index contributed by atoms with van der Waals surface area (Å²) in [4.78, 5) is 11.6. The van der Waals surface area contributed by atoms with E-state index in [0.717, 1.165) is 12.0 Å². The zero-order chi connectivity index (χ0) is 15.2. The van der Waals surface area contributed by atoms with Crippen LogP contribution >= 0.6 is 23.2 Å². The fourth-order valence-corrected chi connectivity index (χ4v) is 2.86. The van der Waals surface area contributed by atoms with Crippen LogP contribution in [-0.4, -0.2) is 32.1 Å². The summed E-state index contributed by atoms with van der Waals surface area (Å²) in [7, 11) is 1.56. The summed E-state index contributed by atoms with van der Waals surface area (Å²) >= 11 is 12.0. The zero-order valence-corrected chi connectivity index (χ0v) is 13.3. The smallest absolute Gasteiger partial charge is 0.308 e. The second-order valence-corrected chi connectivity index (χ2v) is 5.86. The molecule has 2 rings (SSSR count). The van der Waals surface area contributed by atoms with Gasteiger partial charge < -0.3 is 14.2 Å². The number of methoxy groups -OCH3 is 1. The van der Waals surface area contributed by atoms with Crippen LogP contribution in [0.5, 0.6) is 0 Å². The maximum Gasteiger partial charge on any atom is 0.308 e. The summed E-state index contributed by atoms with van der Waals surface area (Å²) in [6.07, 6.45) is 2.10. The minimum Gasteiger partial charge on any atom is -0.462 e. The van der Waals surface area contributed by atoms with E-state index in [2.05, 4.69) is 0 Å². The van der Waals surface area contributed by atoms with E-state index < -0.39 is 0 Å². The molecule has 1 aliphatic heterocycles. The van der Waals surface area contributed by atoms with Crippen molar-refractivity contribution in [1.82, 2.24) is 0 Å². The lowest BCUT2D eigenvalue weighted by Gasteiger charge is -2.28. The van der Waals surface area contributed by atoms with Crippen molar-refractivity contribution in [3.63, 3.8) is 0 Å². The number of benzene rings is 1. The van der Waals surface area contributed by atoms with Gasteiger partial charge in [0.2, 0.25) is 0 Å². The van der Waals surface area contributed by atoms with E-state index in [-0.39, 0.29) is 31.4 Å². The molecule has 0 aromatic heterocycles. The molecule has 0 saturated carbocycles. The Morgan fingerprint density at radius 1 is 1.38 bits per heavy atom. The Labute approximate surface area is 134 Å². The highest BCUT2D eigenvalue weighted by molar-refractivity contribution is 6.35. The molecular formula is C15H18Cl2O4. The molecule has 0 N–H and O–H groups in total. The van der Waals surface area contributed by atoms with E-state index in [0.29, 0.717) is 22.9 Å². The lowest BCUT2D eigenvalue weighted by molar-refractivity contribution is -0.169. The Balaban J connectivity index is 1.88. The SMILES string of the molecule is COCO[C@H]1CC(=O)O[C@H](CCc2ccc(Cl)cc2Cl)C1. The summed E-state index contributed by atoms with van der Waals surface area (Å²) in [6, 6.07) is 5.42. The molecule has 1 heterocycles. The fourth-order valence-electron chi connectivity index (χ4n) is 2.35. The molecule has 1 aromatic rings. The highest BCUT2D eigenvalue weighted by Crippen LogP contribution is 2.25. The van der Waals surface area contributed by atoms with Gasteiger partial charge in [-0.25, -0.2) is 0 Å². The van der Waals surface area contributed by atoms with Gasteiger partial charge in [0.15, 0.2) is 0 Å². The van der Waals surface area contributed by atoms with Gasteiger partial charge in [-0.15, -0.1) is 0 Å². The van der Waals surface area contributed by atoms with Gasteiger partial charge in [-0.1, -0.05) is 29.3 Å². The molecule has 0 unspecified atom stereocenters. The van der Waals surface area contributed by atoms with Crippen molar-refractivity contribution in [3.05, 3.63) is 33.8 Å². The van der Waals surface area contributed by atoms with Crippen LogP contribution in [-0.2, 0) is 25.4 Å². The number of carbonyl (C=O) groups is 1. The molecular weight excluding hydrogens is 315 g/mol. The van der Waals surface area contributed by atoms with Crippen molar-refractivity contribution in [1.29, 1.82) is 0 Å². The second-order valence-electron chi connectivity index (χ2n) is 5.02. The summed E-state index contributed by atoms with van der Waals surface area (Å²) in [5.41, 5.74) is 0.997. The highest BCUT2D eigenvalue weighted by Gasteiger charge is 2.29. The van der Waals surface area contributed by atoms with E-state index in [1.54, 1.807) is 19.2 Å². The van der Waals surface area contributed by atoms with Crippen LogP contribution in [0.2, 0.25) is 10.0 Å². The first-order chi connectivity index (χ1) is 10.1. The molecule has 4 nitrogen and oxygen atoms in total. The Bertz CT molecular complexity index is 493. The minimum absolute atomic E-state index is 0.142. The average molecular weight is 333 g/mol. The van der Waals surface area contributed by atoms with Gasteiger partial charge in [-0.05, 0) is 30.5 Å². The van der Waals surface area contributed by atoms with E-state index in [1.807, 2.05) is 6.07 Å². The molecule has 2 atom stereocenters. The second kappa shape index (κ2) is 7.99. The number of aryl methyl sites for hydroxylation is 1.